The highest BCUT2D eigenvalue weighted by Gasteiger charge is 2.23. The van der Waals surface area contributed by atoms with Gasteiger partial charge >= 0.3 is 0 Å². The number of amides is 1. The van der Waals surface area contributed by atoms with Gasteiger partial charge in [0.1, 0.15) is 0 Å². The van der Waals surface area contributed by atoms with Gasteiger partial charge in [0.25, 0.3) is 0 Å². The number of benzene rings is 1. The van der Waals surface area contributed by atoms with Gasteiger partial charge < -0.3 is 19.7 Å². The molecule has 2 aliphatic heterocycles. The molecule has 1 N–H and O–H groups in total. The van der Waals surface area contributed by atoms with Gasteiger partial charge in [-0.25, -0.2) is 0 Å². The summed E-state index contributed by atoms with van der Waals surface area (Å²) in [4.78, 5) is 14.6. The quantitative estimate of drug-likeness (QED) is 0.899. The number of hydrogen-bond donors (Lipinski definition) is 1. The molecule has 1 aromatic carbocycles. The van der Waals surface area contributed by atoms with Gasteiger partial charge in [-0.2, -0.15) is 0 Å². The molecule has 24 heavy (non-hydrogen) atoms. The van der Waals surface area contributed by atoms with Crippen LogP contribution in [0.25, 0.3) is 0 Å². The maximum Gasteiger partial charge on any atom is 0.222 e. The minimum atomic E-state index is 0.286. The summed E-state index contributed by atoms with van der Waals surface area (Å²) in [7, 11) is 3.30. The molecule has 0 saturated carbocycles. The van der Waals surface area contributed by atoms with Crippen LogP contribution >= 0.6 is 0 Å². The fourth-order valence-electron chi connectivity index (χ4n) is 3.75. The van der Waals surface area contributed by atoms with Gasteiger partial charge in [-0.3, -0.25) is 4.79 Å². The molecule has 3 rings (SSSR count). The monoisotopic (exact) mass is 332 g/mol. The lowest BCUT2D eigenvalue weighted by Crippen LogP contribution is -2.36. The maximum absolute atomic E-state index is 12.6. The highest BCUT2D eigenvalue weighted by Crippen LogP contribution is 2.33. The topological polar surface area (TPSA) is 50.8 Å². The fourth-order valence-corrected chi connectivity index (χ4v) is 3.75. The van der Waals surface area contributed by atoms with Crippen LogP contribution in [0.5, 0.6) is 11.5 Å². The molecule has 0 aliphatic carbocycles. The SMILES string of the molecule is COc1cc2c(cc1OC)CN(C(=O)CCC1CCNCC1)CC2. The van der Waals surface area contributed by atoms with Gasteiger partial charge in [-0.15, -0.1) is 0 Å². The zero-order valence-electron chi connectivity index (χ0n) is 14.8. The van der Waals surface area contributed by atoms with Crippen molar-refractivity contribution in [1.82, 2.24) is 10.2 Å². The minimum absolute atomic E-state index is 0.286. The second-order valence-corrected chi connectivity index (χ2v) is 6.77. The average molecular weight is 332 g/mol. The van der Waals surface area contributed by atoms with Crippen molar-refractivity contribution in [2.24, 2.45) is 5.92 Å². The number of methoxy groups -OCH3 is 2. The number of fused-ring (bicyclic) bond motifs is 1. The van der Waals surface area contributed by atoms with Gasteiger partial charge in [0.2, 0.25) is 5.91 Å². The first-order valence-electron chi connectivity index (χ1n) is 8.93. The molecule has 1 saturated heterocycles. The van der Waals surface area contributed by atoms with E-state index in [4.69, 9.17) is 9.47 Å². The molecule has 0 radical (unpaired) electrons. The van der Waals surface area contributed by atoms with Gasteiger partial charge in [-0.1, -0.05) is 0 Å². The molecule has 132 valence electrons. The average Bonchev–Trinajstić information content (AvgIpc) is 2.65. The van der Waals surface area contributed by atoms with Crippen molar-refractivity contribution in [2.75, 3.05) is 33.9 Å². The van der Waals surface area contributed by atoms with Gasteiger partial charge in [0, 0.05) is 19.5 Å². The summed E-state index contributed by atoms with van der Waals surface area (Å²) in [6, 6.07) is 4.06. The Morgan fingerprint density at radius 2 is 1.83 bits per heavy atom. The predicted molar refractivity (Wildman–Crippen MR) is 93.5 cm³/mol. The summed E-state index contributed by atoms with van der Waals surface area (Å²) < 4.78 is 10.8. The van der Waals surface area contributed by atoms with Crippen molar-refractivity contribution < 1.29 is 14.3 Å². The first kappa shape index (κ1) is 17.1. The molecule has 2 heterocycles. The minimum Gasteiger partial charge on any atom is -0.493 e. The van der Waals surface area contributed by atoms with Gasteiger partial charge in [0.15, 0.2) is 11.5 Å². The summed E-state index contributed by atoms with van der Waals surface area (Å²) in [5.74, 6) is 2.49. The number of piperidine rings is 1. The molecule has 5 heteroatoms. The maximum atomic E-state index is 12.6. The molecule has 1 fully saturated rings. The Bertz CT molecular complexity index is 582. The Morgan fingerprint density at radius 1 is 1.17 bits per heavy atom. The van der Waals surface area contributed by atoms with Crippen LogP contribution in [0.4, 0.5) is 0 Å². The third-order valence-corrected chi connectivity index (χ3v) is 5.30. The van der Waals surface area contributed by atoms with E-state index < -0.39 is 0 Å². The second kappa shape index (κ2) is 7.88. The van der Waals surface area contributed by atoms with Crippen LogP contribution in [0, 0.1) is 5.92 Å². The van der Waals surface area contributed by atoms with Gasteiger partial charge in [0.05, 0.1) is 14.2 Å². The smallest absolute Gasteiger partial charge is 0.222 e. The second-order valence-electron chi connectivity index (χ2n) is 6.77. The highest BCUT2D eigenvalue weighted by atomic mass is 16.5. The number of carbonyl (C=O) groups excluding carboxylic acids is 1. The van der Waals surface area contributed by atoms with Crippen molar-refractivity contribution >= 4 is 5.91 Å². The molecular formula is C19H28N2O3. The fraction of sp³-hybridized carbons (Fsp3) is 0.632. The lowest BCUT2D eigenvalue weighted by atomic mass is 9.92. The van der Waals surface area contributed by atoms with Crippen molar-refractivity contribution in [3.05, 3.63) is 23.3 Å². The van der Waals surface area contributed by atoms with E-state index in [2.05, 4.69) is 5.32 Å². The van der Waals surface area contributed by atoms with Crippen molar-refractivity contribution in [2.45, 2.75) is 38.6 Å². The first-order chi connectivity index (χ1) is 11.7. The summed E-state index contributed by atoms with van der Waals surface area (Å²) in [5.41, 5.74) is 2.43. The molecule has 0 unspecified atom stereocenters. The largest absolute Gasteiger partial charge is 0.493 e. The number of carbonyl (C=O) groups is 1. The normalized spacial score (nSPS) is 18.2. The van der Waals surface area contributed by atoms with Crippen molar-refractivity contribution in [3.8, 4) is 11.5 Å². The number of ether oxygens (including phenoxy) is 2. The molecule has 0 atom stereocenters. The van der Waals surface area contributed by atoms with E-state index >= 15 is 0 Å². The van der Waals surface area contributed by atoms with E-state index in [-0.39, 0.29) is 5.91 Å². The van der Waals surface area contributed by atoms with Crippen LogP contribution in [0.1, 0.15) is 36.8 Å². The lowest BCUT2D eigenvalue weighted by Gasteiger charge is -2.30. The number of nitrogens with zero attached hydrogens (tertiary/aromatic N) is 1. The van der Waals surface area contributed by atoms with E-state index in [9.17, 15) is 4.79 Å². The Hall–Kier alpha value is -1.75. The summed E-state index contributed by atoms with van der Waals surface area (Å²) in [6.07, 6.45) is 4.98. The number of hydrogen-bond acceptors (Lipinski definition) is 4. The van der Waals surface area contributed by atoms with Crippen LogP contribution in [0.15, 0.2) is 12.1 Å². The van der Waals surface area contributed by atoms with E-state index in [1.807, 2.05) is 17.0 Å². The summed E-state index contributed by atoms with van der Waals surface area (Å²) in [6.45, 7) is 3.67. The molecule has 2 aliphatic rings. The van der Waals surface area contributed by atoms with Crippen LogP contribution in [-0.4, -0.2) is 44.7 Å². The lowest BCUT2D eigenvalue weighted by molar-refractivity contribution is -0.132. The van der Waals surface area contributed by atoms with E-state index in [0.717, 1.165) is 44.0 Å². The van der Waals surface area contributed by atoms with Crippen molar-refractivity contribution in [1.29, 1.82) is 0 Å². The Balaban J connectivity index is 1.60. The standard InChI is InChI=1S/C19H28N2O3/c1-23-17-11-15-7-10-21(13-16(15)12-18(17)24-2)19(22)4-3-14-5-8-20-9-6-14/h11-12,14,20H,3-10,13H2,1-2H3. The van der Waals surface area contributed by atoms with E-state index in [0.29, 0.717) is 18.9 Å². The zero-order valence-corrected chi connectivity index (χ0v) is 14.8. The highest BCUT2D eigenvalue weighted by molar-refractivity contribution is 5.76. The molecule has 0 aromatic heterocycles. The van der Waals surface area contributed by atoms with E-state index in [1.54, 1.807) is 14.2 Å². The predicted octanol–water partition coefficient (Wildman–Crippen LogP) is 2.37. The first-order valence-corrected chi connectivity index (χ1v) is 8.93. The van der Waals surface area contributed by atoms with Crippen LogP contribution in [0.2, 0.25) is 0 Å². The van der Waals surface area contributed by atoms with Crippen molar-refractivity contribution in [3.63, 3.8) is 0 Å². The van der Waals surface area contributed by atoms with Crippen LogP contribution in [-0.2, 0) is 17.8 Å². The Morgan fingerprint density at radius 3 is 2.50 bits per heavy atom. The van der Waals surface area contributed by atoms with Crippen LogP contribution < -0.4 is 14.8 Å². The molecule has 0 spiro atoms. The third kappa shape index (κ3) is 3.83. The Kier molecular flexibility index (Phi) is 5.61. The van der Waals surface area contributed by atoms with Crippen LogP contribution in [0.3, 0.4) is 0 Å². The van der Waals surface area contributed by atoms with E-state index in [1.165, 1.54) is 24.0 Å². The summed E-state index contributed by atoms with van der Waals surface area (Å²) in [5, 5.41) is 3.38. The molecule has 0 bridgehead atoms. The summed E-state index contributed by atoms with van der Waals surface area (Å²) >= 11 is 0. The molecule has 1 aromatic rings. The third-order valence-electron chi connectivity index (χ3n) is 5.30. The molecule has 5 nitrogen and oxygen atoms in total. The van der Waals surface area contributed by atoms with Gasteiger partial charge in [-0.05, 0) is 68.0 Å². The molecular weight excluding hydrogens is 304 g/mol. The Labute approximate surface area is 144 Å². The number of nitrogens with one attached hydrogen (secondary N) is 1. The number of rotatable bonds is 5. The molecule has 1 amide bonds. The zero-order chi connectivity index (χ0) is 16.9.